The topological polar surface area (TPSA) is 55.0 Å². The summed E-state index contributed by atoms with van der Waals surface area (Å²) in [4.78, 5) is 11.1. The molecule has 0 aliphatic carbocycles. The van der Waals surface area contributed by atoms with Crippen molar-refractivity contribution in [3.8, 4) is 0 Å². The Morgan fingerprint density at radius 3 is 2.82 bits per heavy atom. The molecule has 17 heavy (non-hydrogen) atoms. The van der Waals surface area contributed by atoms with Crippen molar-refractivity contribution in [2.24, 2.45) is 11.7 Å². The van der Waals surface area contributed by atoms with Crippen LogP contribution in [0.2, 0.25) is 0 Å². The molecule has 0 aliphatic heterocycles. The molecule has 0 aliphatic rings. The summed E-state index contributed by atoms with van der Waals surface area (Å²) < 4.78 is 1.05. The van der Waals surface area contributed by atoms with Crippen LogP contribution in [-0.4, -0.2) is 28.0 Å². The smallest absolute Gasteiger partial charge is 0.145 e. The Morgan fingerprint density at radius 2 is 2.29 bits per heavy atom. The van der Waals surface area contributed by atoms with Crippen molar-refractivity contribution in [2.75, 3.05) is 18.0 Å². The minimum Gasteiger partial charge on any atom is -0.393 e. The second-order valence-corrected chi connectivity index (χ2v) is 5.94. The van der Waals surface area contributed by atoms with E-state index in [1.807, 2.05) is 6.20 Å². The van der Waals surface area contributed by atoms with Gasteiger partial charge in [-0.25, -0.2) is 9.97 Å². The number of anilines is 1. The molecular weight excluding hydrogens is 347 g/mol. The standard InChI is InChI=1S/C11H17IN4S/c1-8(2)6-16(4-3-10(13)17)11-9(12)5-14-7-15-11/h5,7-8H,3-4,6H2,1-2H3,(H2,13,17). The Hall–Kier alpha value is -0.500. The quantitative estimate of drug-likeness (QED) is 0.620. The zero-order chi connectivity index (χ0) is 12.8. The monoisotopic (exact) mass is 364 g/mol. The zero-order valence-corrected chi connectivity index (χ0v) is 13.0. The molecular formula is C11H17IN4S. The maximum absolute atomic E-state index is 5.56. The fourth-order valence-corrected chi connectivity index (χ4v) is 2.24. The van der Waals surface area contributed by atoms with Crippen LogP contribution in [0, 0.1) is 9.49 Å². The zero-order valence-electron chi connectivity index (χ0n) is 10.1. The van der Waals surface area contributed by atoms with Gasteiger partial charge in [-0.1, -0.05) is 26.1 Å². The van der Waals surface area contributed by atoms with E-state index in [-0.39, 0.29) is 0 Å². The molecule has 0 aromatic carbocycles. The van der Waals surface area contributed by atoms with Crippen LogP contribution in [0.1, 0.15) is 20.3 Å². The average Bonchev–Trinajstić information content (AvgIpc) is 2.24. The van der Waals surface area contributed by atoms with E-state index in [0.29, 0.717) is 17.3 Å². The van der Waals surface area contributed by atoms with Gasteiger partial charge in [0, 0.05) is 25.7 Å². The lowest BCUT2D eigenvalue weighted by atomic mass is 10.2. The molecule has 6 heteroatoms. The Morgan fingerprint density at radius 1 is 1.59 bits per heavy atom. The van der Waals surface area contributed by atoms with E-state index in [1.54, 1.807) is 6.33 Å². The third kappa shape index (κ3) is 5.12. The molecule has 0 unspecified atom stereocenters. The first-order chi connectivity index (χ1) is 8.00. The SMILES string of the molecule is CC(C)CN(CCC(N)=S)c1ncncc1I. The minimum absolute atomic E-state index is 0.544. The van der Waals surface area contributed by atoms with Crippen molar-refractivity contribution in [3.05, 3.63) is 16.1 Å². The molecule has 2 N–H and O–H groups in total. The average molecular weight is 364 g/mol. The van der Waals surface area contributed by atoms with Gasteiger partial charge in [-0.2, -0.15) is 0 Å². The molecule has 1 rings (SSSR count). The molecule has 94 valence electrons. The normalized spacial score (nSPS) is 10.6. The highest BCUT2D eigenvalue weighted by molar-refractivity contribution is 14.1. The van der Waals surface area contributed by atoms with Gasteiger partial charge >= 0.3 is 0 Å². The Balaban J connectivity index is 2.82. The fourth-order valence-electron chi connectivity index (χ4n) is 1.51. The van der Waals surface area contributed by atoms with Crippen molar-refractivity contribution in [1.29, 1.82) is 0 Å². The minimum atomic E-state index is 0.544. The molecule has 4 nitrogen and oxygen atoms in total. The van der Waals surface area contributed by atoms with Gasteiger partial charge in [-0.15, -0.1) is 0 Å². The van der Waals surface area contributed by atoms with Crippen LogP contribution >= 0.6 is 34.8 Å². The Bertz CT molecular complexity index is 383. The van der Waals surface area contributed by atoms with Gasteiger partial charge in [0.2, 0.25) is 0 Å². The van der Waals surface area contributed by atoms with E-state index in [1.165, 1.54) is 0 Å². The molecule has 1 aromatic rings. The Kier molecular flexibility index (Phi) is 6.04. The van der Waals surface area contributed by atoms with Crippen LogP contribution in [0.4, 0.5) is 5.82 Å². The highest BCUT2D eigenvalue weighted by atomic mass is 127. The van der Waals surface area contributed by atoms with Crippen molar-refractivity contribution in [2.45, 2.75) is 20.3 Å². The van der Waals surface area contributed by atoms with Crippen molar-refractivity contribution < 1.29 is 0 Å². The summed E-state index contributed by atoms with van der Waals surface area (Å²) in [6.07, 6.45) is 4.10. The van der Waals surface area contributed by atoms with E-state index in [0.717, 1.165) is 22.5 Å². The first-order valence-corrected chi connectivity index (χ1v) is 6.98. The van der Waals surface area contributed by atoms with Gasteiger partial charge in [0.05, 0.1) is 8.56 Å². The van der Waals surface area contributed by atoms with Crippen molar-refractivity contribution in [1.82, 2.24) is 9.97 Å². The number of thiocarbonyl (C=S) groups is 1. The largest absolute Gasteiger partial charge is 0.393 e. The summed E-state index contributed by atoms with van der Waals surface area (Å²) in [5.41, 5.74) is 5.56. The second kappa shape index (κ2) is 7.05. The fraction of sp³-hybridized carbons (Fsp3) is 0.545. The summed E-state index contributed by atoms with van der Waals surface area (Å²) in [7, 11) is 0. The van der Waals surface area contributed by atoms with E-state index in [2.05, 4.69) is 51.3 Å². The number of halogens is 1. The van der Waals surface area contributed by atoms with Crippen LogP contribution in [0.15, 0.2) is 12.5 Å². The van der Waals surface area contributed by atoms with Crippen LogP contribution in [0.5, 0.6) is 0 Å². The van der Waals surface area contributed by atoms with Gasteiger partial charge < -0.3 is 10.6 Å². The van der Waals surface area contributed by atoms with E-state index in [4.69, 9.17) is 18.0 Å². The summed E-state index contributed by atoms with van der Waals surface area (Å²) in [6.45, 7) is 6.11. The lowest BCUT2D eigenvalue weighted by Gasteiger charge is -2.26. The van der Waals surface area contributed by atoms with E-state index in [9.17, 15) is 0 Å². The molecule has 0 fully saturated rings. The third-order valence-electron chi connectivity index (χ3n) is 2.16. The summed E-state index contributed by atoms with van der Waals surface area (Å²) in [5, 5.41) is 0. The summed E-state index contributed by atoms with van der Waals surface area (Å²) in [5.74, 6) is 1.53. The number of aromatic nitrogens is 2. The van der Waals surface area contributed by atoms with Crippen molar-refractivity contribution in [3.63, 3.8) is 0 Å². The highest BCUT2D eigenvalue weighted by Crippen LogP contribution is 2.19. The third-order valence-corrected chi connectivity index (χ3v) is 3.13. The summed E-state index contributed by atoms with van der Waals surface area (Å²) in [6, 6.07) is 0. The first-order valence-electron chi connectivity index (χ1n) is 5.49. The van der Waals surface area contributed by atoms with Gasteiger partial charge in [0.15, 0.2) is 0 Å². The van der Waals surface area contributed by atoms with Crippen LogP contribution in [-0.2, 0) is 0 Å². The molecule has 1 aromatic heterocycles. The van der Waals surface area contributed by atoms with Gasteiger partial charge in [-0.05, 0) is 28.5 Å². The van der Waals surface area contributed by atoms with Crippen LogP contribution in [0.3, 0.4) is 0 Å². The maximum atomic E-state index is 5.56. The molecule has 1 heterocycles. The maximum Gasteiger partial charge on any atom is 0.145 e. The number of rotatable bonds is 6. The molecule has 0 spiro atoms. The van der Waals surface area contributed by atoms with E-state index < -0.39 is 0 Å². The lowest BCUT2D eigenvalue weighted by Crippen LogP contribution is -2.32. The second-order valence-electron chi connectivity index (χ2n) is 4.25. The number of hydrogen-bond acceptors (Lipinski definition) is 4. The van der Waals surface area contributed by atoms with E-state index >= 15 is 0 Å². The molecule has 0 amide bonds. The molecule has 0 saturated carbocycles. The first kappa shape index (κ1) is 14.6. The van der Waals surface area contributed by atoms with Gasteiger partial charge in [0.1, 0.15) is 12.1 Å². The predicted octanol–water partition coefficient (Wildman–Crippen LogP) is 2.22. The number of hydrogen-bond donors (Lipinski definition) is 1. The Labute approximate surface area is 121 Å². The molecule has 0 bridgehead atoms. The van der Waals surface area contributed by atoms with Crippen molar-refractivity contribution >= 4 is 45.6 Å². The highest BCUT2D eigenvalue weighted by Gasteiger charge is 2.13. The predicted molar refractivity (Wildman–Crippen MR) is 83.2 cm³/mol. The summed E-state index contributed by atoms with van der Waals surface area (Å²) >= 11 is 7.18. The molecule has 0 radical (unpaired) electrons. The van der Waals surface area contributed by atoms with Crippen LogP contribution in [0.25, 0.3) is 0 Å². The molecule has 0 saturated heterocycles. The molecule has 0 atom stereocenters. The lowest BCUT2D eigenvalue weighted by molar-refractivity contribution is 0.608. The van der Waals surface area contributed by atoms with Crippen LogP contribution < -0.4 is 10.6 Å². The van der Waals surface area contributed by atoms with Gasteiger partial charge in [-0.3, -0.25) is 0 Å². The number of nitrogens with two attached hydrogens (primary N) is 1. The van der Waals surface area contributed by atoms with Gasteiger partial charge in [0.25, 0.3) is 0 Å². The number of nitrogens with zero attached hydrogens (tertiary/aromatic N) is 3.